The summed E-state index contributed by atoms with van der Waals surface area (Å²) in [4.78, 5) is 0. The Hall–Kier alpha value is -0.746. The fourth-order valence-electron chi connectivity index (χ4n) is 3.34. The molecule has 0 amide bonds. The molecule has 0 aromatic rings. The lowest BCUT2D eigenvalue weighted by atomic mass is 10.0. The second kappa shape index (κ2) is 15.1. The van der Waals surface area contributed by atoms with E-state index in [2.05, 4.69) is 0 Å². The molecule has 2 atom stereocenters. The fourth-order valence-corrected chi connectivity index (χ4v) is 8.26. The molecule has 0 bridgehead atoms. The average Bonchev–Trinajstić information content (AvgIpc) is 2.86. The fraction of sp³-hybridized carbons (Fsp3) is 1.00. The summed E-state index contributed by atoms with van der Waals surface area (Å²) in [6.07, 6.45) is -49.5. The Labute approximate surface area is 281 Å². The molecule has 0 fully saturated rings. The van der Waals surface area contributed by atoms with E-state index in [0.29, 0.717) is 13.1 Å². The maximum atomic E-state index is 14.0. The van der Waals surface area contributed by atoms with Crippen LogP contribution in [0.25, 0.3) is 0 Å². The second-order valence-corrected chi connectivity index (χ2v) is 24.6. The van der Waals surface area contributed by atoms with Gasteiger partial charge in [-0.2, -0.15) is 128 Å². The van der Waals surface area contributed by atoms with E-state index in [4.69, 9.17) is 22.2 Å². The van der Waals surface area contributed by atoms with Crippen LogP contribution in [0.5, 0.6) is 0 Å². The third-order valence-corrected chi connectivity index (χ3v) is 14.1. The van der Waals surface area contributed by atoms with Crippen molar-refractivity contribution in [2.75, 3.05) is 0 Å². The number of halogens is 26. The summed E-state index contributed by atoms with van der Waals surface area (Å²) < 4.78 is 328. The first-order valence-electron chi connectivity index (χ1n) is 13.1. The number of rotatable bonds is 20. The highest BCUT2D eigenvalue weighted by Crippen LogP contribution is 2.60. The Bertz CT molecular complexity index is 1070. The van der Waals surface area contributed by atoms with Gasteiger partial charge in [-0.25, -0.2) is 9.47 Å². The summed E-state index contributed by atoms with van der Waals surface area (Å²) in [5.74, 6) is -38.5. The van der Waals surface area contributed by atoms with E-state index in [1.54, 1.807) is 9.47 Å². The van der Waals surface area contributed by atoms with Gasteiger partial charge in [0.05, 0.1) is 0 Å². The van der Waals surface area contributed by atoms with Crippen LogP contribution in [0.1, 0.15) is 25.7 Å². The minimum absolute atomic E-state index is 0.623. The lowest BCUT2D eigenvalue weighted by Crippen LogP contribution is -2.70. The highest BCUT2D eigenvalue weighted by molar-refractivity contribution is 7.20. The lowest BCUT2D eigenvalue weighted by molar-refractivity contribution is -0.527. The summed E-state index contributed by atoms with van der Waals surface area (Å²) >= 11 is 11.1. The number of ether oxygens (including phenoxy) is 2. The van der Waals surface area contributed by atoms with E-state index in [0.717, 1.165) is 0 Å². The standard InChI is InChI=1S/C21H22Cl2F24O2Si2/c1-50(22,9-5-13(28,29)30)7-3-11(24,25)18(40,41)48-20(44,45)16(36,37)15(34,35)17(38,39)21(46,47)49-19(42,43)12(26,27)4-8-51(2,23)10-6-14(31,32)33/h3-10H2,1-2H3. The van der Waals surface area contributed by atoms with Crippen molar-refractivity contribution in [2.24, 2.45) is 0 Å². The van der Waals surface area contributed by atoms with Gasteiger partial charge in [0, 0.05) is 25.7 Å². The normalized spacial score (nSPS) is 18.1. The van der Waals surface area contributed by atoms with Gasteiger partial charge in [-0.15, -0.1) is 0 Å². The molecule has 0 spiro atoms. The van der Waals surface area contributed by atoms with Crippen molar-refractivity contribution in [2.45, 2.75) is 129 Å². The Morgan fingerprint density at radius 2 is 0.569 bits per heavy atom. The van der Waals surface area contributed by atoms with E-state index in [9.17, 15) is 105 Å². The molecule has 0 aliphatic carbocycles. The molecule has 0 rings (SSSR count). The molecule has 0 saturated heterocycles. The molecule has 51 heavy (non-hydrogen) atoms. The Kier molecular flexibility index (Phi) is 14.8. The first-order chi connectivity index (χ1) is 21.7. The minimum atomic E-state index is -8.72. The zero-order valence-corrected chi connectivity index (χ0v) is 28.3. The zero-order valence-electron chi connectivity index (χ0n) is 24.8. The van der Waals surface area contributed by atoms with Gasteiger partial charge in [0.1, 0.15) is 0 Å². The van der Waals surface area contributed by atoms with Crippen LogP contribution < -0.4 is 0 Å². The van der Waals surface area contributed by atoms with Crippen LogP contribution in [0.4, 0.5) is 105 Å². The molecule has 0 aromatic heterocycles. The monoisotopic (exact) mass is 888 g/mol. The van der Waals surface area contributed by atoms with Gasteiger partial charge in [0.2, 0.25) is 0 Å². The molecular weight excluding hydrogens is 867 g/mol. The molecule has 0 aromatic carbocycles. The molecule has 0 saturated carbocycles. The molecule has 0 radical (unpaired) electrons. The van der Waals surface area contributed by atoms with E-state index in [1.807, 2.05) is 0 Å². The molecule has 2 nitrogen and oxygen atoms in total. The predicted octanol–water partition coefficient (Wildman–Crippen LogP) is 12.9. The van der Waals surface area contributed by atoms with Gasteiger partial charge in [0.15, 0.2) is 14.8 Å². The molecule has 0 aliphatic heterocycles. The minimum Gasteiger partial charge on any atom is -0.245 e. The van der Waals surface area contributed by atoms with Crippen LogP contribution in [0, 0.1) is 0 Å². The number of alkyl halides is 24. The zero-order chi connectivity index (χ0) is 41.6. The van der Waals surface area contributed by atoms with E-state index in [-0.39, 0.29) is 0 Å². The highest BCUT2D eigenvalue weighted by atomic mass is 35.6. The van der Waals surface area contributed by atoms with Crippen molar-refractivity contribution in [1.82, 2.24) is 0 Å². The van der Waals surface area contributed by atoms with Crippen LogP contribution in [-0.2, 0) is 9.47 Å². The van der Waals surface area contributed by atoms with E-state index < -0.39 is 131 Å². The van der Waals surface area contributed by atoms with Crippen molar-refractivity contribution >= 4 is 36.9 Å². The number of hydrogen-bond acceptors (Lipinski definition) is 2. The Balaban J connectivity index is 6.24. The lowest BCUT2D eigenvalue weighted by Gasteiger charge is -2.41. The summed E-state index contributed by atoms with van der Waals surface area (Å²) in [7, 11) is -8.32. The first kappa shape index (κ1) is 50.3. The molecule has 2 unspecified atom stereocenters. The van der Waals surface area contributed by atoms with Gasteiger partial charge in [-0.1, -0.05) is 13.1 Å². The SMILES string of the molecule is C[Si](Cl)(CCC(F)(F)F)CCC(F)(F)C(F)(F)OC(F)(F)C(F)(F)C(F)(F)C(F)(F)C(F)(F)OC(F)(F)C(F)(F)CC[Si](C)(Cl)CCC(F)(F)F. The van der Waals surface area contributed by atoms with Crippen molar-refractivity contribution in [3.05, 3.63) is 0 Å². The maximum Gasteiger partial charge on any atom is 0.430 e. The summed E-state index contributed by atoms with van der Waals surface area (Å²) in [6, 6.07) is -5.61. The van der Waals surface area contributed by atoms with Crippen LogP contribution in [0.3, 0.4) is 0 Å². The maximum absolute atomic E-state index is 14.0. The summed E-state index contributed by atoms with van der Waals surface area (Å²) in [5, 5.41) is 0. The van der Waals surface area contributed by atoms with Crippen LogP contribution in [-0.4, -0.2) is 81.2 Å². The quantitative estimate of drug-likeness (QED) is 0.0689. The second-order valence-electron chi connectivity index (χ2n) is 11.5. The largest absolute Gasteiger partial charge is 0.430 e. The smallest absolute Gasteiger partial charge is 0.245 e. The van der Waals surface area contributed by atoms with Gasteiger partial charge < -0.3 is 0 Å². The summed E-state index contributed by atoms with van der Waals surface area (Å²) in [6.45, 7) is 1.25. The van der Waals surface area contributed by atoms with Gasteiger partial charge in [-0.05, 0) is 24.2 Å². The average molecular weight is 889 g/mol. The predicted molar refractivity (Wildman–Crippen MR) is 131 cm³/mol. The third kappa shape index (κ3) is 12.6. The van der Waals surface area contributed by atoms with Crippen molar-refractivity contribution in [1.29, 1.82) is 0 Å². The highest BCUT2D eigenvalue weighted by Gasteiger charge is 2.90. The van der Waals surface area contributed by atoms with Crippen LogP contribution in [0.15, 0.2) is 0 Å². The van der Waals surface area contributed by atoms with E-state index in [1.165, 1.54) is 0 Å². The first-order valence-corrected chi connectivity index (χ1v) is 20.9. The molecule has 308 valence electrons. The molecular formula is C21H22Cl2F24O2Si2. The van der Waals surface area contributed by atoms with Gasteiger partial charge in [0.25, 0.3) is 0 Å². The molecule has 0 heterocycles. The van der Waals surface area contributed by atoms with Gasteiger partial charge in [-0.3, -0.25) is 0 Å². The van der Waals surface area contributed by atoms with Crippen LogP contribution in [0.2, 0.25) is 37.3 Å². The van der Waals surface area contributed by atoms with E-state index >= 15 is 0 Å². The molecule has 0 N–H and O–H groups in total. The van der Waals surface area contributed by atoms with Crippen molar-refractivity contribution in [3.63, 3.8) is 0 Å². The Morgan fingerprint density at radius 3 is 0.784 bits per heavy atom. The summed E-state index contributed by atoms with van der Waals surface area (Å²) in [5.41, 5.74) is 0. The van der Waals surface area contributed by atoms with Crippen molar-refractivity contribution in [3.8, 4) is 0 Å². The third-order valence-electron chi connectivity index (χ3n) is 6.66. The van der Waals surface area contributed by atoms with Gasteiger partial charge >= 0.3 is 66.4 Å². The molecule has 0 aliphatic rings. The molecule has 30 heteroatoms. The van der Waals surface area contributed by atoms with Crippen LogP contribution >= 0.6 is 22.2 Å². The topological polar surface area (TPSA) is 18.5 Å². The van der Waals surface area contributed by atoms with Crippen molar-refractivity contribution < 1.29 is 115 Å². The number of hydrogen-bond donors (Lipinski definition) is 0. The Morgan fingerprint density at radius 1 is 0.353 bits per heavy atom.